The first-order valence-electron chi connectivity index (χ1n) is 23.3. The van der Waals surface area contributed by atoms with E-state index in [2.05, 4.69) is 230 Å². The van der Waals surface area contributed by atoms with Crippen molar-refractivity contribution in [2.45, 2.75) is 41.0 Å². The van der Waals surface area contributed by atoms with Crippen molar-refractivity contribution < 1.29 is 0 Å². The quantitative estimate of drug-likeness (QED) is 0.116. The summed E-state index contributed by atoms with van der Waals surface area (Å²) >= 11 is 0. The number of fused-ring (bicyclic) bond motifs is 8. The molecular weight excluding hydrogens is 794 g/mol. The summed E-state index contributed by atoms with van der Waals surface area (Å²) in [6.45, 7) is 16.1. The van der Waals surface area contributed by atoms with Gasteiger partial charge in [0.25, 0.3) is 0 Å². The van der Waals surface area contributed by atoms with Crippen LogP contribution in [0.25, 0.3) is 111 Å². The number of aromatic nitrogens is 1. The normalized spacial score (nSPS) is 12.1. The summed E-state index contributed by atoms with van der Waals surface area (Å²) in [7, 11) is 2.28. The molecule has 11 aromatic rings. The van der Waals surface area contributed by atoms with Crippen LogP contribution in [0.3, 0.4) is 0 Å². The van der Waals surface area contributed by atoms with Gasteiger partial charge in [-0.25, -0.2) is 0 Å². The highest BCUT2D eigenvalue weighted by atomic mass is 15.0. The molecule has 0 aliphatic heterocycles. The molecule has 1 nitrogen and oxygen atoms in total. The fraction of sp³-hybridized carbons (Fsp3) is 0.0938. The number of nitrogens with zero attached hydrogens (tertiary/aromatic N) is 1. The van der Waals surface area contributed by atoms with E-state index in [0.717, 1.165) is 6.42 Å². The number of rotatable bonds is 6. The van der Waals surface area contributed by atoms with Crippen molar-refractivity contribution in [3.8, 4) is 61.3 Å². The van der Waals surface area contributed by atoms with Crippen molar-refractivity contribution in [3.05, 3.63) is 221 Å². The zero-order valence-corrected chi connectivity index (χ0v) is 38.6. The van der Waals surface area contributed by atoms with Crippen molar-refractivity contribution >= 4 is 62.7 Å². The molecule has 1 aliphatic rings. The van der Waals surface area contributed by atoms with Crippen molar-refractivity contribution in [1.82, 2.24) is 4.57 Å². The van der Waals surface area contributed by atoms with E-state index in [1.807, 2.05) is 0 Å². The van der Waals surface area contributed by atoms with Crippen LogP contribution >= 0.6 is 0 Å². The minimum Gasteiger partial charge on any atom is -0.309 e. The summed E-state index contributed by atoms with van der Waals surface area (Å²) in [4.78, 5) is 0. The maximum Gasteiger partial charge on any atom is 0.139 e. The Labute approximate surface area is 388 Å². The molecule has 0 spiro atoms. The monoisotopic (exact) mass is 843 g/mol. The molecule has 0 saturated carbocycles. The highest BCUT2D eigenvalue weighted by Crippen LogP contribution is 2.53. The van der Waals surface area contributed by atoms with Crippen LogP contribution in [0.4, 0.5) is 0 Å². The molecule has 0 atom stereocenters. The zero-order chi connectivity index (χ0) is 45.0. The standard InChI is InChI=1S/C64H50BN/c1-7-50-39(4)38(3)40(5)59-63(50)62(47-21-16-20-43(33-47)42-18-10-8-11-19-42)60-41(6)55(65)32-37(2)58(60)64(59)54-26-17-22-46-35-48-34-44(28-30-51(48)61(46)54)45-29-31-53-52-25-14-15-27-56(52)66(57(53)36-45)49-23-12-9-13-24-49/h7-34,36H,1,35,65H2,2-6H3. The van der Waals surface area contributed by atoms with Gasteiger partial charge in [0.2, 0.25) is 0 Å². The van der Waals surface area contributed by atoms with Crippen molar-refractivity contribution in [2.75, 3.05) is 0 Å². The van der Waals surface area contributed by atoms with Gasteiger partial charge in [-0.3, -0.25) is 0 Å². The largest absolute Gasteiger partial charge is 0.309 e. The summed E-state index contributed by atoms with van der Waals surface area (Å²) in [5.74, 6) is 0. The van der Waals surface area contributed by atoms with E-state index in [-0.39, 0.29) is 0 Å². The van der Waals surface area contributed by atoms with E-state index >= 15 is 0 Å². The first-order chi connectivity index (χ1) is 32.2. The molecule has 1 aliphatic carbocycles. The highest BCUT2D eigenvalue weighted by Gasteiger charge is 2.29. The Morgan fingerprint density at radius 2 is 1.09 bits per heavy atom. The fourth-order valence-corrected chi connectivity index (χ4v) is 11.7. The van der Waals surface area contributed by atoms with Gasteiger partial charge in [-0.1, -0.05) is 158 Å². The lowest BCUT2D eigenvalue weighted by Gasteiger charge is -2.27. The fourth-order valence-electron chi connectivity index (χ4n) is 11.7. The van der Waals surface area contributed by atoms with Gasteiger partial charge in [-0.05, 0) is 193 Å². The molecule has 0 radical (unpaired) electrons. The predicted molar refractivity (Wildman–Crippen MR) is 288 cm³/mol. The van der Waals surface area contributed by atoms with Gasteiger partial charge < -0.3 is 4.57 Å². The third kappa shape index (κ3) is 5.87. The predicted octanol–water partition coefficient (Wildman–Crippen LogP) is 15.8. The van der Waals surface area contributed by atoms with Crippen LogP contribution in [-0.4, -0.2) is 12.4 Å². The third-order valence-electron chi connectivity index (χ3n) is 15.1. The van der Waals surface area contributed by atoms with Gasteiger partial charge in [-0.2, -0.15) is 0 Å². The van der Waals surface area contributed by atoms with Crippen LogP contribution in [0.15, 0.2) is 176 Å². The van der Waals surface area contributed by atoms with E-state index in [1.54, 1.807) is 0 Å². The maximum absolute atomic E-state index is 4.52. The second-order valence-electron chi connectivity index (χ2n) is 18.6. The second kappa shape index (κ2) is 15.2. The summed E-state index contributed by atoms with van der Waals surface area (Å²) in [5.41, 5.74) is 28.3. The van der Waals surface area contributed by atoms with Gasteiger partial charge in [-0.15, -0.1) is 0 Å². The molecule has 1 aromatic heterocycles. The van der Waals surface area contributed by atoms with E-state index < -0.39 is 0 Å². The summed E-state index contributed by atoms with van der Waals surface area (Å²) < 4.78 is 2.41. The zero-order valence-electron chi connectivity index (χ0n) is 38.6. The molecule has 314 valence electrons. The first kappa shape index (κ1) is 39.9. The van der Waals surface area contributed by atoms with Crippen LogP contribution in [0.2, 0.25) is 0 Å². The lowest BCUT2D eigenvalue weighted by Crippen LogP contribution is -2.11. The molecule has 0 amide bonds. The molecule has 0 unspecified atom stereocenters. The van der Waals surface area contributed by atoms with Gasteiger partial charge >= 0.3 is 0 Å². The molecule has 0 N–H and O–H groups in total. The number of aryl methyl sites for hydroxylation is 3. The molecule has 0 saturated heterocycles. The van der Waals surface area contributed by atoms with Gasteiger partial charge in [0.1, 0.15) is 7.85 Å². The van der Waals surface area contributed by atoms with Gasteiger partial charge in [0.05, 0.1) is 11.0 Å². The molecule has 1 heterocycles. The van der Waals surface area contributed by atoms with E-state index in [9.17, 15) is 0 Å². The highest BCUT2D eigenvalue weighted by molar-refractivity contribution is 6.37. The second-order valence-corrected chi connectivity index (χ2v) is 18.6. The average Bonchev–Trinajstić information content (AvgIpc) is 3.90. The minimum atomic E-state index is 0.894. The molecule has 10 aromatic carbocycles. The van der Waals surface area contributed by atoms with Crippen LogP contribution in [0, 0.1) is 34.6 Å². The Morgan fingerprint density at radius 3 is 1.89 bits per heavy atom. The summed E-state index contributed by atoms with van der Waals surface area (Å²) in [6, 6.07) is 63.2. The smallest absolute Gasteiger partial charge is 0.139 e. The first-order valence-corrected chi connectivity index (χ1v) is 23.3. The molecule has 2 heteroatoms. The third-order valence-corrected chi connectivity index (χ3v) is 15.1. The lowest BCUT2D eigenvalue weighted by atomic mass is 9.74. The van der Waals surface area contributed by atoms with Crippen LogP contribution < -0.4 is 5.46 Å². The molecule has 0 bridgehead atoms. The lowest BCUT2D eigenvalue weighted by molar-refractivity contribution is 1.18. The SMILES string of the molecule is Bc1cc(C)c2c(-c3cccc4c3-c3ccc(-c5ccc6c7ccccc7n(-c7ccccc7)c6c5)cc3C4)c3c(C)c(C)c(C)c(C=C)c3c(-c3cccc(-c4ccccc4)c3)c2c1C. The molecular formula is C64H50BN. The maximum atomic E-state index is 4.52. The van der Waals surface area contributed by atoms with E-state index in [4.69, 9.17) is 0 Å². The Bertz CT molecular complexity index is 3850. The van der Waals surface area contributed by atoms with Crippen molar-refractivity contribution in [2.24, 2.45) is 0 Å². The number of hydrogen-bond acceptors (Lipinski definition) is 0. The van der Waals surface area contributed by atoms with E-state index in [0.29, 0.717) is 0 Å². The Balaban J connectivity index is 1.11. The van der Waals surface area contributed by atoms with Crippen molar-refractivity contribution in [3.63, 3.8) is 0 Å². The topological polar surface area (TPSA) is 4.93 Å². The molecule has 12 rings (SSSR count). The van der Waals surface area contributed by atoms with Crippen LogP contribution in [0.5, 0.6) is 0 Å². The van der Waals surface area contributed by atoms with Gasteiger partial charge in [0.15, 0.2) is 0 Å². The average molecular weight is 844 g/mol. The van der Waals surface area contributed by atoms with Gasteiger partial charge in [0, 0.05) is 16.5 Å². The Kier molecular flexibility index (Phi) is 9.19. The Hall–Kier alpha value is -7.68. The van der Waals surface area contributed by atoms with Crippen molar-refractivity contribution in [1.29, 1.82) is 0 Å². The minimum absolute atomic E-state index is 0.894. The Morgan fingerprint density at radius 1 is 0.439 bits per heavy atom. The van der Waals surface area contributed by atoms with E-state index in [1.165, 1.54) is 155 Å². The van der Waals surface area contributed by atoms with Crippen LogP contribution in [-0.2, 0) is 6.42 Å². The molecule has 66 heavy (non-hydrogen) atoms. The number of benzene rings is 10. The summed E-state index contributed by atoms with van der Waals surface area (Å²) in [6.07, 6.45) is 3.01. The number of hydrogen-bond donors (Lipinski definition) is 0. The summed E-state index contributed by atoms with van der Waals surface area (Å²) in [5, 5.41) is 7.84. The molecule has 0 fully saturated rings. The number of para-hydroxylation sites is 2. The van der Waals surface area contributed by atoms with Crippen LogP contribution in [0.1, 0.15) is 44.5 Å².